The number of halogens is 1. The van der Waals surface area contributed by atoms with E-state index in [9.17, 15) is 17.6 Å². The zero-order valence-electron chi connectivity index (χ0n) is 14.6. The van der Waals surface area contributed by atoms with E-state index < -0.39 is 28.5 Å². The van der Waals surface area contributed by atoms with Gasteiger partial charge in [-0.2, -0.15) is 12.7 Å². The molecule has 1 heterocycles. The Bertz CT molecular complexity index is 931. The van der Waals surface area contributed by atoms with Crippen LogP contribution in [0.5, 0.6) is 0 Å². The first-order valence-electron chi connectivity index (χ1n) is 8.15. The molecule has 0 radical (unpaired) electrons. The topological polar surface area (TPSA) is 60.9 Å². The van der Waals surface area contributed by atoms with Gasteiger partial charge in [0, 0.05) is 26.3 Å². The van der Waals surface area contributed by atoms with Gasteiger partial charge in [-0.25, -0.2) is 8.70 Å². The van der Waals surface area contributed by atoms with Crippen LogP contribution in [-0.2, 0) is 21.4 Å². The lowest BCUT2D eigenvalue weighted by molar-refractivity contribution is -0.117. The third-order valence-electron chi connectivity index (χ3n) is 4.33. The fraction of sp³-hybridized carbons (Fsp3) is 0.278. The second kappa shape index (κ2) is 7.05. The second-order valence-corrected chi connectivity index (χ2v) is 8.24. The number of rotatable bonds is 5. The summed E-state index contributed by atoms with van der Waals surface area (Å²) in [7, 11) is -1.35. The number of anilines is 2. The Kier molecular flexibility index (Phi) is 4.97. The van der Waals surface area contributed by atoms with Crippen molar-refractivity contribution in [2.45, 2.75) is 6.42 Å². The summed E-state index contributed by atoms with van der Waals surface area (Å²) in [4.78, 5) is 14.4. The largest absolute Gasteiger partial charge is 0.310 e. The number of amides is 1. The molecule has 0 spiro atoms. The highest BCUT2D eigenvalue weighted by molar-refractivity contribution is 7.90. The molecule has 0 aliphatic carbocycles. The van der Waals surface area contributed by atoms with E-state index in [0.29, 0.717) is 13.0 Å². The molecule has 2 aromatic rings. The van der Waals surface area contributed by atoms with Crippen LogP contribution >= 0.6 is 0 Å². The van der Waals surface area contributed by atoms with Crippen molar-refractivity contribution in [2.75, 3.05) is 36.4 Å². The van der Waals surface area contributed by atoms with E-state index >= 15 is 0 Å². The average Bonchev–Trinajstić information content (AvgIpc) is 3.04. The van der Waals surface area contributed by atoms with E-state index in [-0.39, 0.29) is 5.69 Å². The average molecular weight is 377 g/mol. The Labute approximate surface area is 152 Å². The summed E-state index contributed by atoms with van der Waals surface area (Å²) in [5.41, 5.74) is 1.66. The minimum atomic E-state index is -4.04. The molecule has 2 aromatic carbocycles. The molecule has 0 N–H and O–H groups in total. The van der Waals surface area contributed by atoms with Crippen molar-refractivity contribution >= 4 is 27.5 Å². The Morgan fingerprint density at radius 3 is 2.46 bits per heavy atom. The fourth-order valence-corrected chi connectivity index (χ4v) is 4.01. The number of benzene rings is 2. The van der Waals surface area contributed by atoms with E-state index in [1.54, 1.807) is 4.90 Å². The first kappa shape index (κ1) is 18.3. The Morgan fingerprint density at radius 1 is 1.12 bits per heavy atom. The number of hydrogen-bond donors (Lipinski definition) is 0. The summed E-state index contributed by atoms with van der Waals surface area (Å²) < 4.78 is 41.4. The number of carbonyl (C=O) groups excluding carboxylic acids is 1. The highest BCUT2D eigenvalue weighted by Gasteiger charge is 2.32. The number of fused-ring (bicyclic) bond motifs is 1. The summed E-state index contributed by atoms with van der Waals surface area (Å²) in [5, 5.41) is 0. The molecule has 1 amide bonds. The predicted octanol–water partition coefficient (Wildman–Crippen LogP) is 2.03. The summed E-state index contributed by atoms with van der Waals surface area (Å²) in [6.45, 7) is 0.00108. The van der Waals surface area contributed by atoms with E-state index in [4.69, 9.17) is 0 Å². The lowest BCUT2D eigenvalue weighted by atomic mass is 10.2. The normalized spacial score (nSPS) is 13.8. The summed E-state index contributed by atoms with van der Waals surface area (Å²) in [6.07, 6.45) is 0.710. The van der Waals surface area contributed by atoms with Gasteiger partial charge in [0.05, 0.1) is 5.69 Å². The Morgan fingerprint density at radius 2 is 1.77 bits per heavy atom. The first-order chi connectivity index (χ1) is 12.3. The molecule has 0 unspecified atom stereocenters. The number of para-hydroxylation sites is 2. The molecule has 0 aromatic heterocycles. The molecular weight excluding hydrogens is 357 g/mol. The minimum Gasteiger partial charge on any atom is -0.310 e. The van der Waals surface area contributed by atoms with Crippen LogP contribution in [-0.4, -0.2) is 45.8 Å². The molecule has 0 saturated carbocycles. The zero-order valence-corrected chi connectivity index (χ0v) is 15.4. The van der Waals surface area contributed by atoms with Gasteiger partial charge >= 0.3 is 10.2 Å². The molecule has 6 nitrogen and oxygen atoms in total. The van der Waals surface area contributed by atoms with Crippen molar-refractivity contribution in [1.82, 2.24) is 4.31 Å². The van der Waals surface area contributed by atoms with E-state index in [2.05, 4.69) is 0 Å². The van der Waals surface area contributed by atoms with Gasteiger partial charge in [-0.05, 0) is 30.2 Å². The van der Waals surface area contributed by atoms with Crippen molar-refractivity contribution in [3.05, 3.63) is 59.9 Å². The van der Waals surface area contributed by atoms with Gasteiger partial charge in [0.2, 0.25) is 5.91 Å². The van der Waals surface area contributed by atoms with E-state index in [0.717, 1.165) is 19.9 Å². The number of hydrogen-bond acceptors (Lipinski definition) is 3. The molecule has 3 rings (SSSR count). The van der Waals surface area contributed by atoms with E-state index in [1.807, 2.05) is 24.3 Å². The van der Waals surface area contributed by atoms with Crippen LogP contribution in [0.1, 0.15) is 5.56 Å². The van der Waals surface area contributed by atoms with Gasteiger partial charge in [0.25, 0.3) is 0 Å². The van der Waals surface area contributed by atoms with E-state index in [1.165, 1.54) is 38.4 Å². The molecular formula is C18H20FN3O3S. The molecule has 1 aliphatic heterocycles. The van der Waals surface area contributed by atoms with Crippen molar-refractivity contribution in [3.8, 4) is 0 Å². The third-order valence-corrected chi connectivity index (χ3v) is 6.13. The summed E-state index contributed by atoms with van der Waals surface area (Å²) >= 11 is 0. The van der Waals surface area contributed by atoms with Crippen LogP contribution in [0.4, 0.5) is 15.8 Å². The van der Waals surface area contributed by atoms with Crippen molar-refractivity contribution in [3.63, 3.8) is 0 Å². The standard InChI is InChI=1S/C18H20FN3O3S/c1-20(2)26(24,25)22(17-10-6-4-8-15(17)19)13-18(23)21-12-11-14-7-3-5-9-16(14)21/h3-10H,11-13H2,1-2H3. The van der Waals surface area contributed by atoms with Crippen LogP contribution in [0.2, 0.25) is 0 Å². The zero-order chi connectivity index (χ0) is 18.9. The molecule has 0 fully saturated rings. The Hall–Kier alpha value is -2.45. The monoisotopic (exact) mass is 377 g/mol. The van der Waals surface area contributed by atoms with Gasteiger partial charge in [0.1, 0.15) is 12.4 Å². The summed E-state index contributed by atoms with van der Waals surface area (Å²) in [6, 6.07) is 13.0. The predicted molar refractivity (Wildman–Crippen MR) is 98.9 cm³/mol. The highest BCUT2D eigenvalue weighted by atomic mass is 32.2. The minimum absolute atomic E-state index is 0.151. The maximum Gasteiger partial charge on any atom is 0.304 e. The van der Waals surface area contributed by atoms with Crippen molar-refractivity contribution in [2.24, 2.45) is 0 Å². The quantitative estimate of drug-likeness (QED) is 0.801. The van der Waals surface area contributed by atoms with Gasteiger partial charge in [-0.3, -0.25) is 4.79 Å². The SMILES string of the molecule is CN(C)S(=O)(=O)N(CC(=O)N1CCc2ccccc21)c1ccccc1F. The first-order valence-corrected chi connectivity index (χ1v) is 9.55. The van der Waals surface area contributed by atoms with Crippen LogP contribution in [0, 0.1) is 5.82 Å². The number of nitrogens with zero attached hydrogens (tertiary/aromatic N) is 3. The van der Waals surface area contributed by atoms with Crippen LogP contribution in [0.25, 0.3) is 0 Å². The van der Waals surface area contributed by atoms with Crippen molar-refractivity contribution in [1.29, 1.82) is 0 Å². The van der Waals surface area contributed by atoms with Crippen LogP contribution in [0.3, 0.4) is 0 Å². The fourth-order valence-electron chi connectivity index (χ4n) is 2.95. The molecule has 8 heteroatoms. The summed E-state index contributed by atoms with van der Waals surface area (Å²) in [5.74, 6) is -1.10. The van der Waals surface area contributed by atoms with Crippen LogP contribution < -0.4 is 9.21 Å². The molecule has 0 bridgehead atoms. The smallest absolute Gasteiger partial charge is 0.304 e. The Balaban J connectivity index is 1.95. The number of carbonyl (C=O) groups is 1. The molecule has 1 aliphatic rings. The van der Waals surface area contributed by atoms with Crippen LogP contribution in [0.15, 0.2) is 48.5 Å². The lowest BCUT2D eigenvalue weighted by Gasteiger charge is -2.29. The molecule has 26 heavy (non-hydrogen) atoms. The van der Waals surface area contributed by atoms with Gasteiger partial charge in [-0.15, -0.1) is 0 Å². The van der Waals surface area contributed by atoms with Gasteiger partial charge in [-0.1, -0.05) is 30.3 Å². The molecule has 138 valence electrons. The third kappa shape index (κ3) is 3.30. The maximum absolute atomic E-state index is 14.3. The lowest BCUT2D eigenvalue weighted by Crippen LogP contribution is -2.47. The van der Waals surface area contributed by atoms with Gasteiger partial charge in [0.15, 0.2) is 0 Å². The highest BCUT2D eigenvalue weighted by Crippen LogP contribution is 2.29. The van der Waals surface area contributed by atoms with Gasteiger partial charge < -0.3 is 4.90 Å². The second-order valence-electron chi connectivity index (χ2n) is 6.17. The molecule has 0 atom stereocenters. The maximum atomic E-state index is 14.3. The van der Waals surface area contributed by atoms with Crippen molar-refractivity contribution < 1.29 is 17.6 Å². The molecule has 0 saturated heterocycles.